The van der Waals surface area contributed by atoms with Gasteiger partial charge in [0.25, 0.3) is 5.91 Å². The summed E-state index contributed by atoms with van der Waals surface area (Å²) in [7, 11) is 1.56. The predicted molar refractivity (Wildman–Crippen MR) is 99.3 cm³/mol. The third-order valence-electron chi connectivity index (χ3n) is 3.69. The maximum atomic E-state index is 12.5. The van der Waals surface area contributed by atoms with Gasteiger partial charge in [0, 0.05) is 5.56 Å². The number of hydrogen-bond acceptors (Lipinski definition) is 5. The Kier molecular flexibility index (Phi) is 5.48. The van der Waals surface area contributed by atoms with Crippen molar-refractivity contribution in [2.45, 2.75) is 13.5 Å². The van der Waals surface area contributed by atoms with Crippen molar-refractivity contribution in [3.05, 3.63) is 58.9 Å². The highest BCUT2D eigenvalue weighted by molar-refractivity contribution is 7.16. The minimum absolute atomic E-state index is 0.0465. The highest BCUT2D eigenvalue weighted by Gasteiger charge is 2.15. The van der Waals surface area contributed by atoms with E-state index in [2.05, 4.69) is 4.99 Å². The van der Waals surface area contributed by atoms with Crippen LogP contribution in [0.25, 0.3) is 10.2 Å². The summed E-state index contributed by atoms with van der Waals surface area (Å²) in [4.78, 5) is 29.2. The molecule has 2 aromatic carbocycles. The van der Waals surface area contributed by atoms with E-state index in [4.69, 9.17) is 9.47 Å². The van der Waals surface area contributed by atoms with Crippen molar-refractivity contribution < 1.29 is 19.1 Å². The van der Waals surface area contributed by atoms with Gasteiger partial charge in [-0.15, -0.1) is 0 Å². The molecule has 0 aliphatic heterocycles. The van der Waals surface area contributed by atoms with Crippen LogP contribution in [0.5, 0.6) is 5.75 Å². The lowest BCUT2D eigenvalue weighted by Gasteiger charge is -2.08. The quantitative estimate of drug-likeness (QED) is 0.648. The highest BCUT2D eigenvalue weighted by atomic mass is 32.1. The highest BCUT2D eigenvalue weighted by Crippen LogP contribution is 2.27. The average molecular weight is 370 g/mol. The summed E-state index contributed by atoms with van der Waals surface area (Å²) in [6.07, 6.45) is 0. The minimum Gasteiger partial charge on any atom is -0.495 e. The van der Waals surface area contributed by atoms with Crippen LogP contribution >= 0.6 is 11.3 Å². The number of aromatic nitrogens is 1. The number of amides is 1. The van der Waals surface area contributed by atoms with Crippen LogP contribution in [0.4, 0.5) is 0 Å². The van der Waals surface area contributed by atoms with E-state index < -0.39 is 5.97 Å². The lowest BCUT2D eigenvalue weighted by atomic mass is 10.2. The van der Waals surface area contributed by atoms with E-state index in [1.807, 2.05) is 18.2 Å². The van der Waals surface area contributed by atoms with Crippen molar-refractivity contribution in [1.82, 2.24) is 4.57 Å². The van der Waals surface area contributed by atoms with Gasteiger partial charge in [0.15, 0.2) is 4.80 Å². The fourth-order valence-electron chi connectivity index (χ4n) is 2.56. The van der Waals surface area contributed by atoms with Gasteiger partial charge in [-0.1, -0.05) is 35.6 Å². The smallest absolute Gasteiger partial charge is 0.326 e. The van der Waals surface area contributed by atoms with E-state index in [1.165, 1.54) is 11.3 Å². The number of benzene rings is 2. The Morgan fingerprint density at radius 2 is 1.88 bits per heavy atom. The summed E-state index contributed by atoms with van der Waals surface area (Å²) < 4.78 is 13.0. The van der Waals surface area contributed by atoms with Crippen LogP contribution in [0.15, 0.2) is 53.5 Å². The summed E-state index contributed by atoms with van der Waals surface area (Å²) in [6.45, 7) is 1.99. The number of para-hydroxylation sites is 1. The molecule has 1 heterocycles. The monoisotopic (exact) mass is 370 g/mol. The average Bonchev–Trinajstić information content (AvgIpc) is 2.99. The summed E-state index contributed by atoms with van der Waals surface area (Å²) >= 11 is 1.32. The largest absolute Gasteiger partial charge is 0.495 e. The van der Waals surface area contributed by atoms with E-state index in [0.717, 1.165) is 4.70 Å². The number of ether oxygens (including phenoxy) is 2. The molecule has 0 N–H and O–H groups in total. The Balaban J connectivity index is 2.16. The van der Waals surface area contributed by atoms with Crippen molar-refractivity contribution in [1.29, 1.82) is 0 Å². The summed E-state index contributed by atoms with van der Waals surface area (Å²) in [5.74, 6) is -0.155. The molecule has 0 aliphatic rings. The number of hydrogen-bond donors (Lipinski definition) is 0. The molecule has 0 fully saturated rings. The molecule has 1 aromatic heterocycles. The zero-order valence-electron chi connectivity index (χ0n) is 14.5. The number of nitrogens with zero attached hydrogens (tertiary/aromatic N) is 2. The normalized spacial score (nSPS) is 11.5. The van der Waals surface area contributed by atoms with Gasteiger partial charge in [-0.05, 0) is 31.2 Å². The number of fused-ring (bicyclic) bond motifs is 1. The van der Waals surface area contributed by atoms with Crippen LogP contribution < -0.4 is 9.54 Å². The standard InChI is InChI=1S/C19H18N2O4S/c1-3-25-16(22)12-21-17-14(24-2)10-7-11-15(17)26-19(21)20-18(23)13-8-5-4-6-9-13/h4-11H,3,12H2,1-2H3. The molecule has 0 aliphatic carbocycles. The minimum atomic E-state index is -0.397. The molecule has 0 unspecified atom stereocenters. The first-order valence-corrected chi connectivity index (χ1v) is 8.91. The van der Waals surface area contributed by atoms with Crippen LogP contribution in [0.2, 0.25) is 0 Å². The number of carbonyl (C=O) groups is 2. The molecule has 0 radical (unpaired) electrons. The van der Waals surface area contributed by atoms with E-state index in [-0.39, 0.29) is 19.1 Å². The van der Waals surface area contributed by atoms with Crippen molar-refractivity contribution in [2.75, 3.05) is 13.7 Å². The molecule has 3 aromatic rings. The molecule has 0 saturated heterocycles. The van der Waals surface area contributed by atoms with Gasteiger partial charge in [-0.25, -0.2) is 0 Å². The number of thiazole rings is 1. The topological polar surface area (TPSA) is 69.9 Å². The first-order valence-electron chi connectivity index (χ1n) is 8.10. The van der Waals surface area contributed by atoms with Gasteiger partial charge >= 0.3 is 5.97 Å². The van der Waals surface area contributed by atoms with Crippen LogP contribution in [-0.2, 0) is 16.1 Å². The molecule has 6 nitrogen and oxygen atoms in total. The Hall–Kier alpha value is -2.93. The second-order valence-electron chi connectivity index (χ2n) is 5.37. The van der Waals surface area contributed by atoms with Gasteiger partial charge in [-0.2, -0.15) is 4.99 Å². The molecule has 26 heavy (non-hydrogen) atoms. The fourth-order valence-corrected chi connectivity index (χ4v) is 3.61. The van der Waals surface area contributed by atoms with Crippen molar-refractivity contribution in [3.63, 3.8) is 0 Å². The summed E-state index contributed by atoms with van der Waals surface area (Å²) in [5.41, 5.74) is 1.20. The molecule has 0 bridgehead atoms. The van der Waals surface area contributed by atoms with Crippen LogP contribution in [0.1, 0.15) is 17.3 Å². The number of esters is 1. The van der Waals surface area contributed by atoms with Crippen molar-refractivity contribution >= 4 is 33.4 Å². The molecule has 0 atom stereocenters. The lowest BCUT2D eigenvalue weighted by molar-refractivity contribution is -0.143. The molecule has 134 valence electrons. The van der Waals surface area contributed by atoms with E-state index >= 15 is 0 Å². The zero-order valence-corrected chi connectivity index (χ0v) is 15.3. The molecule has 7 heteroatoms. The molecule has 3 rings (SSSR count). The van der Waals surface area contributed by atoms with Crippen molar-refractivity contribution in [3.8, 4) is 5.75 Å². The first-order chi connectivity index (χ1) is 12.6. The van der Waals surface area contributed by atoms with Crippen LogP contribution in [-0.4, -0.2) is 30.2 Å². The second kappa shape index (κ2) is 7.97. The molecular weight excluding hydrogens is 352 g/mol. The van der Waals surface area contributed by atoms with Gasteiger partial charge in [0.1, 0.15) is 17.8 Å². The Morgan fingerprint density at radius 3 is 2.58 bits per heavy atom. The number of rotatable bonds is 5. The van der Waals surface area contributed by atoms with E-state index in [1.54, 1.807) is 48.9 Å². The van der Waals surface area contributed by atoms with Gasteiger partial charge in [-0.3, -0.25) is 9.59 Å². The zero-order chi connectivity index (χ0) is 18.5. The summed E-state index contributed by atoms with van der Waals surface area (Å²) in [6, 6.07) is 14.4. The second-order valence-corrected chi connectivity index (χ2v) is 6.37. The van der Waals surface area contributed by atoms with Gasteiger partial charge < -0.3 is 14.0 Å². The third-order valence-corrected chi connectivity index (χ3v) is 4.74. The Morgan fingerprint density at radius 1 is 1.12 bits per heavy atom. The van der Waals surface area contributed by atoms with Crippen molar-refractivity contribution in [2.24, 2.45) is 4.99 Å². The maximum Gasteiger partial charge on any atom is 0.326 e. The maximum absolute atomic E-state index is 12.5. The molecule has 1 amide bonds. The molecular formula is C19H18N2O4S. The lowest BCUT2D eigenvalue weighted by Crippen LogP contribution is -2.23. The van der Waals surface area contributed by atoms with Crippen LogP contribution in [0.3, 0.4) is 0 Å². The van der Waals surface area contributed by atoms with E-state index in [9.17, 15) is 9.59 Å². The molecule has 0 spiro atoms. The van der Waals surface area contributed by atoms with E-state index in [0.29, 0.717) is 21.6 Å². The fraction of sp³-hybridized carbons (Fsp3) is 0.211. The first kappa shape index (κ1) is 17.9. The Bertz CT molecular complexity index is 1010. The molecule has 0 saturated carbocycles. The van der Waals surface area contributed by atoms with Crippen LogP contribution in [0, 0.1) is 0 Å². The SMILES string of the molecule is CCOC(=O)Cn1c(=NC(=O)c2ccccc2)sc2cccc(OC)c21. The Labute approximate surface area is 154 Å². The number of carbonyl (C=O) groups excluding carboxylic acids is 2. The summed E-state index contributed by atoms with van der Waals surface area (Å²) in [5, 5.41) is 0. The third kappa shape index (κ3) is 3.67. The predicted octanol–water partition coefficient (Wildman–Crippen LogP) is 3.02. The van der Waals surface area contributed by atoms with Gasteiger partial charge in [0.2, 0.25) is 0 Å². The van der Waals surface area contributed by atoms with Gasteiger partial charge in [0.05, 0.1) is 18.4 Å². The number of methoxy groups -OCH3 is 1.